The van der Waals surface area contributed by atoms with E-state index < -0.39 is 0 Å². The molecule has 0 saturated heterocycles. The van der Waals surface area contributed by atoms with Crippen LogP contribution in [0.15, 0.2) is 56.7 Å². The molecule has 0 amide bonds. The van der Waals surface area contributed by atoms with E-state index in [4.69, 9.17) is 5.11 Å². The van der Waals surface area contributed by atoms with Crippen LogP contribution in [0, 0.1) is 5.82 Å². The average Bonchev–Trinajstić information content (AvgIpc) is 2.31. The topological polar surface area (TPSA) is 20.2 Å². The minimum atomic E-state index is -0.328. The summed E-state index contributed by atoms with van der Waals surface area (Å²) in [6, 6.07) is 12.3. The number of aliphatic hydroxyl groups excluding tert-OH is 1. The van der Waals surface area contributed by atoms with Crippen LogP contribution in [0.4, 0.5) is 4.39 Å². The maximum absolute atomic E-state index is 13.3. The summed E-state index contributed by atoms with van der Waals surface area (Å²) in [4.78, 5) is 1.79. The first-order valence-electron chi connectivity index (χ1n) is 5.02. The van der Waals surface area contributed by atoms with Crippen LogP contribution in [-0.4, -0.2) is 5.11 Å². The lowest BCUT2D eigenvalue weighted by Crippen LogP contribution is -1.86. The lowest BCUT2D eigenvalue weighted by molar-refractivity contribution is 0.281. The molecule has 0 bridgehead atoms. The second-order valence-corrected chi connectivity index (χ2v) is 5.46. The molecule has 1 nitrogen and oxygen atoms in total. The Hall–Kier alpha value is -0.840. The normalized spacial score (nSPS) is 10.5. The van der Waals surface area contributed by atoms with Crippen molar-refractivity contribution >= 4 is 27.7 Å². The molecule has 17 heavy (non-hydrogen) atoms. The van der Waals surface area contributed by atoms with Gasteiger partial charge in [0, 0.05) is 14.3 Å². The summed E-state index contributed by atoms with van der Waals surface area (Å²) < 4.78 is 14.3. The Balaban J connectivity index is 2.30. The average molecular weight is 313 g/mol. The first-order chi connectivity index (χ1) is 8.19. The van der Waals surface area contributed by atoms with E-state index in [1.807, 2.05) is 24.3 Å². The van der Waals surface area contributed by atoms with Gasteiger partial charge in [-0.05, 0) is 51.8 Å². The predicted molar refractivity (Wildman–Crippen MR) is 70.6 cm³/mol. The number of hydrogen-bond acceptors (Lipinski definition) is 2. The van der Waals surface area contributed by atoms with Crippen molar-refractivity contribution in [1.82, 2.24) is 0 Å². The molecule has 1 N–H and O–H groups in total. The molecule has 0 aromatic heterocycles. The molecule has 2 aromatic rings. The Labute approximate surface area is 112 Å². The summed E-state index contributed by atoms with van der Waals surface area (Å²) in [6.07, 6.45) is 0. The van der Waals surface area contributed by atoms with E-state index in [1.165, 1.54) is 23.9 Å². The molecule has 0 aliphatic rings. The Morgan fingerprint density at radius 3 is 2.65 bits per heavy atom. The lowest BCUT2D eigenvalue weighted by Gasteiger charge is -2.06. The summed E-state index contributed by atoms with van der Waals surface area (Å²) >= 11 is 4.90. The Morgan fingerprint density at radius 2 is 1.94 bits per heavy atom. The minimum absolute atomic E-state index is 0.152. The standard InChI is InChI=1S/C13H10BrFOS/c14-12-3-1-2-4-13(12)17-11-6-9(8-16)5-10(15)7-11/h1-7,16H,8H2. The zero-order chi connectivity index (χ0) is 12.3. The third-order valence-corrected chi connectivity index (χ3v) is 4.18. The van der Waals surface area contributed by atoms with E-state index in [0.717, 1.165) is 14.3 Å². The van der Waals surface area contributed by atoms with E-state index in [-0.39, 0.29) is 12.4 Å². The maximum atomic E-state index is 13.3. The molecule has 0 spiro atoms. The molecule has 88 valence electrons. The molecular weight excluding hydrogens is 303 g/mol. The molecule has 2 aromatic carbocycles. The van der Waals surface area contributed by atoms with Gasteiger partial charge in [0.1, 0.15) is 5.82 Å². The van der Waals surface area contributed by atoms with Crippen LogP contribution in [0.1, 0.15) is 5.56 Å². The molecule has 0 atom stereocenters. The predicted octanol–water partition coefficient (Wildman–Crippen LogP) is 4.23. The molecule has 0 saturated carbocycles. The van der Waals surface area contributed by atoms with E-state index >= 15 is 0 Å². The van der Waals surface area contributed by atoms with Gasteiger partial charge in [-0.1, -0.05) is 23.9 Å². The van der Waals surface area contributed by atoms with Gasteiger partial charge in [-0.3, -0.25) is 0 Å². The van der Waals surface area contributed by atoms with Crippen molar-refractivity contribution in [3.8, 4) is 0 Å². The highest BCUT2D eigenvalue weighted by Crippen LogP contribution is 2.33. The fraction of sp³-hybridized carbons (Fsp3) is 0.0769. The van der Waals surface area contributed by atoms with Gasteiger partial charge in [0.05, 0.1) is 6.61 Å². The molecule has 4 heteroatoms. The second kappa shape index (κ2) is 5.67. The van der Waals surface area contributed by atoms with Gasteiger partial charge in [-0.2, -0.15) is 0 Å². The van der Waals surface area contributed by atoms with Gasteiger partial charge in [0.25, 0.3) is 0 Å². The van der Waals surface area contributed by atoms with Gasteiger partial charge in [-0.15, -0.1) is 0 Å². The first kappa shape index (κ1) is 12.6. The number of hydrogen-bond donors (Lipinski definition) is 1. The fourth-order valence-electron chi connectivity index (χ4n) is 1.43. The Kier molecular flexibility index (Phi) is 4.20. The van der Waals surface area contributed by atoms with Gasteiger partial charge in [0.2, 0.25) is 0 Å². The van der Waals surface area contributed by atoms with Crippen LogP contribution < -0.4 is 0 Å². The molecule has 0 aliphatic carbocycles. The van der Waals surface area contributed by atoms with E-state index in [9.17, 15) is 4.39 Å². The van der Waals surface area contributed by atoms with Crippen molar-refractivity contribution in [3.05, 3.63) is 58.3 Å². The van der Waals surface area contributed by atoms with Crippen LogP contribution in [0.25, 0.3) is 0 Å². The third-order valence-electron chi connectivity index (χ3n) is 2.18. The molecule has 0 fully saturated rings. The number of aliphatic hydroxyl groups is 1. The molecule has 0 aliphatic heterocycles. The number of rotatable bonds is 3. The van der Waals surface area contributed by atoms with Crippen LogP contribution in [0.5, 0.6) is 0 Å². The summed E-state index contributed by atoms with van der Waals surface area (Å²) in [5.41, 5.74) is 0.583. The Bertz CT molecular complexity index is 531. The van der Waals surface area contributed by atoms with Crippen molar-refractivity contribution in [1.29, 1.82) is 0 Å². The van der Waals surface area contributed by atoms with Crippen LogP contribution in [0.3, 0.4) is 0 Å². The van der Waals surface area contributed by atoms with Crippen molar-refractivity contribution in [2.75, 3.05) is 0 Å². The summed E-state index contributed by atoms with van der Waals surface area (Å²) in [5, 5.41) is 9.02. The summed E-state index contributed by atoms with van der Waals surface area (Å²) in [6.45, 7) is -0.152. The van der Waals surface area contributed by atoms with Crippen LogP contribution >= 0.6 is 27.7 Å². The summed E-state index contributed by atoms with van der Waals surface area (Å²) in [7, 11) is 0. The molecule has 0 unspecified atom stereocenters. The zero-order valence-corrected chi connectivity index (χ0v) is 11.3. The van der Waals surface area contributed by atoms with E-state index in [0.29, 0.717) is 5.56 Å². The molecule has 0 heterocycles. The van der Waals surface area contributed by atoms with Gasteiger partial charge in [-0.25, -0.2) is 4.39 Å². The van der Waals surface area contributed by atoms with Crippen molar-refractivity contribution in [2.45, 2.75) is 16.4 Å². The highest BCUT2D eigenvalue weighted by molar-refractivity contribution is 9.10. The maximum Gasteiger partial charge on any atom is 0.124 e. The molecule has 0 radical (unpaired) electrons. The van der Waals surface area contributed by atoms with Crippen LogP contribution in [0.2, 0.25) is 0 Å². The minimum Gasteiger partial charge on any atom is -0.392 e. The smallest absolute Gasteiger partial charge is 0.124 e. The SMILES string of the molecule is OCc1cc(F)cc(Sc2ccccc2Br)c1. The van der Waals surface area contributed by atoms with Crippen molar-refractivity contribution < 1.29 is 9.50 Å². The van der Waals surface area contributed by atoms with Gasteiger partial charge < -0.3 is 5.11 Å². The number of benzene rings is 2. The summed E-state index contributed by atoms with van der Waals surface area (Å²) in [5.74, 6) is -0.328. The molecule has 2 rings (SSSR count). The fourth-order valence-corrected chi connectivity index (χ4v) is 2.90. The third kappa shape index (κ3) is 3.31. The monoisotopic (exact) mass is 312 g/mol. The zero-order valence-electron chi connectivity index (χ0n) is 8.86. The largest absolute Gasteiger partial charge is 0.392 e. The highest BCUT2D eigenvalue weighted by atomic mass is 79.9. The second-order valence-electron chi connectivity index (χ2n) is 3.49. The van der Waals surface area contributed by atoms with Crippen LogP contribution in [-0.2, 0) is 6.61 Å². The van der Waals surface area contributed by atoms with Crippen molar-refractivity contribution in [2.24, 2.45) is 0 Å². The van der Waals surface area contributed by atoms with E-state index in [1.54, 1.807) is 6.07 Å². The van der Waals surface area contributed by atoms with E-state index in [2.05, 4.69) is 15.9 Å². The highest BCUT2D eigenvalue weighted by Gasteiger charge is 2.04. The lowest BCUT2D eigenvalue weighted by atomic mass is 10.2. The number of halogens is 2. The quantitative estimate of drug-likeness (QED) is 0.915. The van der Waals surface area contributed by atoms with Gasteiger partial charge >= 0.3 is 0 Å². The van der Waals surface area contributed by atoms with Gasteiger partial charge in [0.15, 0.2) is 0 Å². The molecular formula is C13H10BrFOS. The Morgan fingerprint density at radius 1 is 1.18 bits per heavy atom. The van der Waals surface area contributed by atoms with Crippen molar-refractivity contribution in [3.63, 3.8) is 0 Å². The first-order valence-corrected chi connectivity index (χ1v) is 6.62.